The molecule has 152 valence electrons. The number of nitrogens with zero attached hydrogens (tertiary/aromatic N) is 3. The lowest BCUT2D eigenvalue weighted by Gasteiger charge is -2.12. The SMILES string of the molecule is N#Cc1cnc2ccc(C(=O)c3c(F)ccc(OCc4cccc(Cl)c4)c3Cl)cc2n1. The van der Waals surface area contributed by atoms with E-state index in [0.29, 0.717) is 16.1 Å². The van der Waals surface area contributed by atoms with Crippen molar-refractivity contribution in [2.75, 3.05) is 0 Å². The van der Waals surface area contributed by atoms with E-state index in [9.17, 15) is 9.18 Å². The first-order valence-corrected chi connectivity index (χ1v) is 9.78. The highest BCUT2D eigenvalue weighted by atomic mass is 35.5. The van der Waals surface area contributed by atoms with Gasteiger partial charge in [0.25, 0.3) is 0 Å². The summed E-state index contributed by atoms with van der Waals surface area (Å²) in [5, 5.41) is 9.42. The molecule has 1 heterocycles. The van der Waals surface area contributed by atoms with E-state index in [1.807, 2.05) is 12.1 Å². The van der Waals surface area contributed by atoms with E-state index in [1.54, 1.807) is 24.3 Å². The fourth-order valence-corrected chi connectivity index (χ4v) is 3.50. The molecule has 0 N–H and O–H groups in total. The summed E-state index contributed by atoms with van der Waals surface area (Å²) >= 11 is 12.3. The first-order chi connectivity index (χ1) is 15.0. The Morgan fingerprint density at radius 2 is 1.94 bits per heavy atom. The van der Waals surface area contributed by atoms with Crippen LogP contribution in [0.1, 0.15) is 27.2 Å². The molecule has 0 spiro atoms. The number of aromatic nitrogens is 2. The number of benzene rings is 3. The summed E-state index contributed by atoms with van der Waals surface area (Å²) in [5.41, 5.74) is 1.59. The number of nitriles is 1. The first kappa shape index (κ1) is 20.7. The molecule has 3 aromatic carbocycles. The average Bonchev–Trinajstić information content (AvgIpc) is 2.77. The van der Waals surface area contributed by atoms with Crippen molar-refractivity contribution in [1.82, 2.24) is 9.97 Å². The number of halogens is 3. The number of fused-ring (bicyclic) bond motifs is 1. The summed E-state index contributed by atoms with van der Waals surface area (Å²) in [5.74, 6) is -1.25. The van der Waals surface area contributed by atoms with Gasteiger partial charge in [0.2, 0.25) is 0 Å². The number of hydrogen-bond donors (Lipinski definition) is 0. The molecule has 0 aliphatic rings. The van der Waals surface area contributed by atoms with Crippen LogP contribution in [-0.4, -0.2) is 15.8 Å². The maximum absolute atomic E-state index is 14.6. The Hall–Kier alpha value is -3.53. The number of carbonyl (C=O) groups excluding carboxylic acids is 1. The fraction of sp³-hybridized carbons (Fsp3) is 0.0435. The van der Waals surface area contributed by atoms with E-state index in [1.165, 1.54) is 24.4 Å². The van der Waals surface area contributed by atoms with Crippen LogP contribution in [0.15, 0.2) is 60.8 Å². The second kappa shape index (κ2) is 8.68. The lowest BCUT2D eigenvalue weighted by atomic mass is 10.0. The number of ether oxygens (including phenoxy) is 1. The third-order valence-corrected chi connectivity index (χ3v) is 5.10. The highest BCUT2D eigenvalue weighted by molar-refractivity contribution is 6.36. The highest BCUT2D eigenvalue weighted by Gasteiger charge is 2.22. The molecule has 0 fully saturated rings. The second-order valence-electron chi connectivity index (χ2n) is 6.55. The van der Waals surface area contributed by atoms with Crippen molar-refractivity contribution < 1.29 is 13.9 Å². The molecule has 0 atom stereocenters. The quantitative estimate of drug-likeness (QED) is 0.360. The van der Waals surface area contributed by atoms with E-state index >= 15 is 0 Å². The zero-order valence-corrected chi connectivity index (χ0v) is 17.3. The third kappa shape index (κ3) is 4.33. The molecule has 0 bridgehead atoms. The Kier molecular flexibility index (Phi) is 5.81. The van der Waals surface area contributed by atoms with Crippen molar-refractivity contribution in [3.63, 3.8) is 0 Å². The molecule has 1 aromatic heterocycles. The third-order valence-electron chi connectivity index (χ3n) is 4.49. The lowest BCUT2D eigenvalue weighted by molar-refractivity contribution is 0.103. The van der Waals surface area contributed by atoms with Gasteiger partial charge in [-0.3, -0.25) is 9.78 Å². The van der Waals surface area contributed by atoms with E-state index in [4.69, 9.17) is 33.2 Å². The zero-order valence-electron chi connectivity index (χ0n) is 15.8. The van der Waals surface area contributed by atoms with Crippen molar-refractivity contribution in [1.29, 1.82) is 5.26 Å². The molecule has 4 rings (SSSR count). The van der Waals surface area contributed by atoms with Gasteiger partial charge in [0.15, 0.2) is 11.5 Å². The standard InChI is InChI=1S/C23H12Cl2FN3O2/c24-15-3-1-2-13(8-15)12-31-20-7-5-17(26)21(22(20)25)23(30)14-4-6-18-19(9-14)29-16(10-27)11-28-18/h1-9,11H,12H2. The fourth-order valence-electron chi connectivity index (χ4n) is 2.99. The number of hydrogen-bond acceptors (Lipinski definition) is 5. The molecule has 0 aliphatic heterocycles. The predicted molar refractivity (Wildman–Crippen MR) is 115 cm³/mol. The summed E-state index contributed by atoms with van der Waals surface area (Å²) in [6.07, 6.45) is 1.33. The van der Waals surface area contributed by atoms with Gasteiger partial charge in [0.05, 0.1) is 27.8 Å². The van der Waals surface area contributed by atoms with Crippen LogP contribution in [0.5, 0.6) is 5.75 Å². The normalized spacial score (nSPS) is 10.6. The molecule has 0 saturated heterocycles. The van der Waals surface area contributed by atoms with Gasteiger partial charge in [-0.05, 0) is 48.0 Å². The van der Waals surface area contributed by atoms with Gasteiger partial charge in [0.1, 0.15) is 24.2 Å². The van der Waals surface area contributed by atoms with Crippen LogP contribution in [0.3, 0.4) is 0 Å². The van der Waals surface area contributed by atoms with Crippen LogP contribution >= 0.6 is 23.2 Å². The van der Waals surface area contributed by atoms with Crippen LogP contribution in [0.25, 0.3) is 11.0 Å². The van der Waals surface area contributed by atoms with Gasteiger partial charge in [-0.2, -0.15) is 5.26 Å². The number of rotatable bonds is 5. The van der Waals surface area contributed by atoms with Crippen molar-refractivity contribution in [3.8, 4) is 11.8 Å². The van der Waals surface area contributed by atoms with E-state index in [-0.39, 0.29) is 34.2 Å². The van der Waals surface area contributed by atoms with Crippen molar-refractivity contribution in [3.05, 3.63) is 99.0 Å². The summed E-state index contributed by atoms with van der Waals surface area (Å²) in [6.45, 7) is 0.141. The topological polar surface area (TPSA) is 75.9 Å². The molecule has 0 amide bonds. The Bertz CT molecular complexity index is 1370. The van der Waals surface area contributed by atoms with Crippen molar-refractivity contribution in [2.24, 2.45) is 0 Å². The molecular weight excluding hydrogens is 440 g/mol. The molecule has 0 radical (unpaired) electrons. The minimum Gasteiger partial charge on any atom is -0.487 e. The Morgan fingerprint density at radius 3 is 2.71 bits per heavy atom. The highest BCUT2D eigenvalue weighted by Crippen LogP contribution is 2.33. The Labute approximate surface area is 186 Å². The maximum Gasteiger partial charge on any atom is 0.197 e. The second-order valence-corrected chi connectivity index (χ2v) is 7.37. The minimum absolute atomic E-state index is 0.109. The number of ketones is 1. The monoisotopic (exact) mass is 451 g/mol. The van der Waals surface area contributed by atoms with Gasteiger partial charge in [-0.15, -0.1) is 0 Å². The minimum atomic E-state index is -0.776. The van der Waals surface area contributed by atoms with Crippen LogP contribution in [-0.2, 0) is 6.61 Å². The van der Waals surface area contributed by atoms with E-state index in [0.717, 1.165) is 11.6 Å². The number of carbonyl (C=O) groups is 1. The predicted octanol–water partition coefficient (Wildman–Crippen LogP) is 5.76. The molecule has 8 heteroatoms. The van der Waals surface area contributed by atoms with Gasteiger partial charge in [-0.1, -0.05) is 35.3 Å². The maximum atomic E-state index is 14.6. The molecule has 0 saturated carbocycles. The van der Waals surface area contributed by atoms with Crippen LogP contribution in [0.4, 0.5) is 4.39 Å². The van der Waals surface area contributed by atoms with Crippen LogP contribution in [0.2, 0.25) is 10.0 Å². The first-order valence-electron chi connectivity index (χ1n) is 9.03. The summed E-state index contributed by atoms with van der Waals surface area (Å²) in [6, 6.07) is 16.0. The molecule has 4 aromatic rings. The Balaban J connectivity index is 1.67. The molecule has 0 aliphatic carbocycles. The summed E-state index contributed by atoms with van der Waals surface area (Å²) in [4.78, 5) is 21.3. The molecule has 0 unspecified atom stereocenters. The largest absolute Gasteiger partial charge is 0.487 e. The average molecular weight is 452 g/mol. The lowest BCUT2D eigenvalue weighted by Crippen LogP contribution is -2.07. The van der Waals surface area contributed by atoms with Gasteiger partial charge in [-0.25, -0.2) is 9.37 Å². The van der Waals surface area contributed by atoms with Crippen molar-refractivity contribution in [2.45, 2.75) is 6.61 Å². The van der Waals surface area contributed by atoms with Gasteiger partial charge >= 0.3 is 0 Å². The smallest absolute Gasteiger partial charge is 0.197 e. The summed E-state index contributed by atoms with van der Waals surface area (Å²) in [7, 11) is 0. The van der Waals surface area contributed by atoms with E-state index in [2.05, 4.69) is 9.97 Å². The molecular formula is C23H12Cl2FN3O2. The summed E-state index contributed by atoms with van der Waals surface area (Å²) < 4.78 is 20.3. The Morgan fingerprint density at radius 1 is 1.10 bits per heavy atom. The van der Waals surface area contributed by atoms with Gasteiger partial charge in [0, 0.05) is 10.6 Å². The molecule has 5 nitrogen and oxygen atoms in total. The van der Waals surface area contributed by atoms with Crippen LogP contribution < -0.4 is 4.74 Å². The van der Waals surface area contributed by atoms with Crippen molar-refractivity contribution >= 4 is 40.0 Å². The van der Waals surface area contributed by atoms with Crippen LogP contribution in [0, 0.1) is 17.1 Å². The molecule has 31 heavy (non-hydrogen) atoms. The zero-order chi connectivity index (χ0) is 22.0. The van der Waals surface area contributed by atoms with E-state index < -0.39 is 11.6 Å². The van der Waals surface area contributed by atoms with Gasteiger partial charge < -0.3 is 4.74 Å².